The summed E-state index contributed by atoms with van der Waals surface area (Å²) in [5, 5.41) is 4.93. The van der Waals surface area contributed by atoms with Crippen LogP contribution in [0.3, 0.4) is 0 Å². The maximum atomic E-state index is 12.8. The van der Waals surface area contributed by atoms with E-state index in [2.05, 4.69) is 91.7 Å². The van der Waals surface area contributed by atoms with Gasteiger partial charge in [-0.05, 0) is 47.2 Å². The first-order valence-corrected chi connectivity index (χ1v) is 16.5. The second kappa shape index (κ2) is 12.0. The van der Waals surface area contributed by atoms with E-state index < -0.39 is 26.0 Å². The first-order chi connectivity index (χ1) is 19.6. The number of hydrogen-bond acceptors (Lipinski definition) is 6. The van der Waals surface area contributed by atoms with Crippen molar-refractivity contribution in [2.75, 3.05) is 11.9 Å². The summed E-state index contributed by atoms with van der Waals surface area (Å²) >= 11 is 0. The Balaban J connectivity index is 1.36. The van der Waals surface area contributed by atoms with Crippen LogP contribution in [0.4, 0.5) is 5.82 Å². The van der Waals surface area contributed by atoms with Gasteiger partial charge in [0, 0.05) is 26.0 Å². The number of rotatable bonds is 7. The number of ether oxygens (including phenoxy) is 2. The second-order valence-electron chi connectivity index (χ2n) is 12.2. The Morgan fingerprint density at radius 3 is 2.17 bits per heavy atom. The minimum absolute atomic E-state index is 0.119. The molecule has 0 radical (unpaired) electrons. The SMILES string of the molecule is CC(=O)Nc1ccn([C@@H]2CCC[C@]3(CCC[C@@H](CO[Si](c4ccccc4)(c4ccccc4)C(C)(C)C)O3)O2)c(=O)n1. The number of hydrogen-bond donors (Lipinski definition) is 1. The van der Waals surface area contributed by atoms with Crippen molar-refractivity contribution in [3.8, 4) is 0 Å². The van der Waals surface area contributed by atoms with Crippen molar-refractivity contribution < 1.29 is 18.7 Å². The Labute approximate surface area is 243 Å². The van der Waals surface area contributed by atoms with Gasteiger partial charge in [-0.25, -0.2) is 4.79 Å². The van der Waals surface area contributed by atoms with E-state index in [0.717, 1.165) is 32.1 Å². The largest absolute Gasteiger partial charge is 0.405 e. The molecule has 9 heteroatoms. The van der Waals surface area contributed by atoms with Crippen molar-refractivity contribution in [1.29, 1.82) is 0 Å². The molecule has 5 rings (SSSR count). The second-order valence-corrected chi connectivity index (χ2v) is 16.5. The van der Waals surface area contributed by atoms with E-state index in [4.69, 9.17) is 13.9 Å². The number of aromatic nitrogens is 2. The summed E-state index contributed by atoms with van der Waals surface area (Å²) in [7, 11) is -2.69. The summed E-state index contributed by atoms with van der Waals surface area (Å²) in [6.45, 7) is 8.69. The quantitative estimate of drug-likeness (QED) is 0.409. The highest BCUT2D eigenvalue weighted by Crippen LogP contribution is 2.43. The third-order valence-electron chi connectivity index (χ3n) is 8.17. The van der Waals surface area contributed by atoms with Crippen LogP contribution < -0.4 is 21.4 Å². The summed E-state index contributed by atoms with van der Waals surface area (Å²) in [6, 6.07) is 22.9. The lowest BCUT2D eigenvalue weighted by molar-refractivity contribution is -0.330. The molecular formula is C32H41N3O5Si. The molecule has 1 amide bonds. The first-order valence-electron chi connectivity index (χ1n) is 14.6. The molecule has 41 heavy (non-hydrogen) atoms. The number of amides is 1. The zero-order valence-electron chi connectivity index (χ0n) is 24.5. The first kappa shape index (κ1) is 29.4. The molecule has 0 saturated carbocycles. The monoisotopic (exact) mass is 575 g/mol. The molecule has 8 nitrogen and oxygen atoms in total. The molecule has 0 unspecified atom stereocenters. The third-order valence-corrected chi connectivity index (χ3v) is 13.2. The zero-order valence-corrected chi connectivity index (χ0v) is 25.5. The van der Waals surface area contributed by atoms with Crippen molar-refractivity contribution in [1.82, 2.24) is 9.55 Å². The molecule has 2 saturated heterocycles. The van der Waals surface area contributed by atoms with E-state index in [1.54, 1.807) is 12.3 Å². The average Bonchev–Trinajstić information content (AvgIpc) is 2.94. The van der Waals surface area contributed by atoms with Crippen LogP contribution in [0, 0.1) is 0 Å². The topological polar surface area (TPSA) is 91.7 Å². The van der Waals surface area contributed by atoms with Crippen LogP contribution in [-0.4, -0.2) is 42.3 Å². The minimum atomic E-state index is -2.69. The average molecular weight is 576 g/mol. The summed E-state index contributed by atoms with van der Waals surface area (Å²) in [6.07, 6.45) is 5.97. The Bertz CT molecular complexity index is 1350. The standard InChI is InChI=1S/C32H41N3O5Si/c1-24(36)33-28-19-22-35(30(37)34-28)29-18-12-21-32(40-29)20-11-13-25(39-32)23-38-41(31(2,3)4,26-14-7-5-8-15-26)27-16-9-6-10-17-27/h5-10,14-17,19,22,25,29H,11-13,18,20-21,23H2,1-4H3,(H,33,34,36,37)/t25-,29-,32-/m0/s1. The van der Waals surface area contributed by atoms with Gasteiger partial charge in [-0.2, -0.15) is 4.98 Å². The van der Waals surface area contributed by atoms with Crippen LogP contribution in [-0.2, 0) is 18.7 Å². The molecule has 1 aromatic heterocycles. The van der Waals surface area contributed by atoms with Crippen LogP contribution in [0.15, 0.2) is 77.7 Å². The predicted octanol–water partition coefficient (Wildman–Crippen LogP) is 4.74. The Kier molecular flexibility index (Phi) is 8.61. The summed E-state index contributed by atoms with van der Waals surface area (Å²) < 4.78 is 22.0. The van der Waals surface area contributed by atoms with Gasteiger partial charge >= 0.3 is 5.69 Å². The van der Waals surface area contributed by atoms with Crippen molar-refractivity contribution in [3.05, 3.63) is 83.4 Å². The van der Waals surface area contributed by atoms with Crippen molar-refractivity contribution in [3.63, 3.8) is 0 Å². The number of carbonyl (C=O) groups is 1. The Morgan fingerprint density at radius 1 is 1.00 bits per heavy atom. The van der Waals surface area contributed by atoms with E-state index >= 15 is 0 Å². The molecular weight excluding hydrogens is 534 g/mol. The molecule has 0 bridgehead atoms. The summed E-state index contributed by atoms with van der Waals surface area (Å²) in [5.41, 5.74) is -0.458. The number of anilines is 1. The Hall–Kier alpha value is -3.11. The van der Waals surface area contributed by atoms with E-state index in [1.807, 2.05) is 0 Å². The number of nitrogens with zero attached hydrogens (tertiary/aromatic N) is 2. The predicted molar refractivity (Wildman–Crippen MR) is 162 cm³/mol. The molecule has 1 N–H and O–H groups in total. The third kappa shape index (κ3) is 6.23. The zero-order chi connectivity index (χ0) is 29.1. The van der Waals surface area contributed by atoms with Gasteiger partial charge < -0.3 is 19.2 Å². The minimum Gasteiger partial charge on any atom is -0.405 e. The molecule has 3 atom stereocenters. The van der Waals surface area contributed by atoms with Gasteiger partial charge in [-0.3, -0.25) is 9.36 Å². The normalized spacial score (nSPS) is 23.3. The highest BCUT2D eigenvalue weighted by Gasteiger charge is 2.51. The van der Waals surface area contributed by atoms with Gasteiger partial charge in [0.15, 0.2) is 5.79 Å². The fourth-order valence-corrected chi connectivity index (χ4v) is 11.0. The van der Waals surface area contributed by atoms with E-state index in [0.29, 0.717) is 13.0 Å². The maximum Gasteiger partial charge on any atom is 0.351 e. The van der Waals surface area contributed by atoms with Gasteiger partial charge in [0.1, 0.15) is 12.0 Å². The lowest BCUT2D eigenvalue weighted by atomic mass is 9.94. The van der Waals surface area contributed by atoms with Crippen LogP contribution in [0.2, 0.25) is 5.04 Å². The molecule has 3 aromatic rings. The molecule has 3 heterocycles. The van der Waals surface area contributed by atoms with Crippen molar-refractivity contribution >= 4 is 30.4 Å². The molecule has 2 aliphatic heterocycles. The molecule has 0 aliphatic carbocycles. The van der Waals surface area contributed by atoms with E-state index in [9.17, 15) is 9.59 Å². The van der Waals surface area contributed by atoms with Crippen LogP contribution >= 0.6 is 0 Å². The maximum absolute atomic E-state index is 12.8. The fourth-order valence-electron chi connectivity index (χ4n) is 6.38. The van der Waals surface area contributed by atoms with Gasteiger partial charge in [-0.15, -0.1) is 0 Å². The van der Waals surface area contributed by atoms with Gasteiger partial charge in [-0.1, -0.05) is 81.4 Å². The van der Waals surface area contributed by atoms with Crippen molar-refractivity contribution in [2.45, 2.75) is 89.4 Å². The number of carbonyl (C=O) groups excluding carboxylic acids is 1. The van der Waals surface area contributed by atoms with E-state index in [-0.39, 0.29) is 22.9 Å². The Morgan fingerprint density at radius 2 is 1.61 bits per heavy atom. The van der Waals surface area contributed by atoms with Gasteiger partial charge in [0.25, 0.3) is 8.32 Å². The van der Waals surface area contributed by atoms with E-state index in [1.165, 1.54) is 21.9 Å². The highest BCUT2D eigenvalue weighted by atomic mass is 28.4. The van der Waals surface area contributed by atoms with Crippen molar-refractivity contribution in [2.24, 2.45) is 0 Å². The molecule has 2 fully saturated rings. The summed E-state index contributed by atoms with van der Waals surface area (Å²) in [4.78, 5) is 28.2. The van der Waals surface area contributed by atoms with Crippen LogP contribution in [0.5, 0.6) is 0 Å². The summed E-state index contributed by atoms with van der Waals surface area (Å²) in [5.74, 6) is -0.806. The lowest BCUT2D eigenvalue weighted by Crippen LogP contribution is -2.67. The number of nitrogens with one attached hydrogen (secondary N) is 1. The molecule has 1 spiro atoms. The van der Waals surface area contributed by atoms with Crippen LogP contribution in [0.1, 0.15) is 72.4 Å². The van der Waals surface area contributed by atoms with Gasteiger partial charge in [0.2, 0.25) is 5.91 Å². The van der Waals surface area contributed by atoms with Gasteiger partial charge in [0.05, 0.1) is 12.7 Å². The molecule has 2 aromatic carbocycles. The van der Waals surface area contributed by atoms with Crippen LogP contribution in [0.25, 0.3) is 0 Å². The molecule has 2 aliphatic rings. The molecule has 218 valence electrons. The smallest absolute Gasteiger partial charge is 0.351 e. The lowest BCUT2D eigenvalue weighted by Gasteiger charge is -2.47. The highest BCUT2D eigenvalue weighted by molar-refractivity contribution is 6.99. The fraction of sp³-hybridized carbons (Fsp3) is 0.469. The number of benzene rings is 2.